The van der Waals surface area contributed by atoms with Crippen molar-refractivity contribution in [3.05, 3.63) is 102 Å². The molecule has 1 atom stereocenters. The van der Waals surface area contributed by atoms with Crippen molar-refractivity contribution in [2.45, 2.75) is 64.1 Å². The first-order valence-electron chi connectivity index (χ1n) is 13.0. The second kappa shape index (κ2) is 12.9. The van der Waals surface area contributed by atoms with E-state index in [9.17, 15) is 9.59 Å². The van der Waals surface area contributed by atoms with E-state index in [-0.39, 0.29) is 24.5 Å². The standard InChI is InChI=1S/C31H36N2O3/c1-2-24-17-19-28(20-18-24)36-23-30(34)33(22-26-13-7-4-8-14-26)29(21-25-11-5-3-6-12-25)31(35)32-27-15-9-10-16-27/h3-8,11-14,17-20,27,29H,2,9-10,15-16,21-23H2,1H3,(H,32,35)/t29-/m1/s1. The first-order valence-corrected chi connectivity index (χ1v) is 13.0. The molecule has 0 aromatic heterocycles. The van der Waals surface area contributed by atoms with Gasteiger partial charge in [-0.05, 0) is 48.1 Å². The number of carbonyl (C=O) groups excluding carboxylic acids is 2. The number of benzene rings is 3. The number of amides is 2. The topological polar surface area (TPSA) is 58.6 Å². The average Bonchev–Trinajstić information content (AvgIpc) is 3.43. The fourth-order valence-electron chi connectivity index (χ4n) is 4.75. The van der Waals surface area contributed by atoms with Crippen LogP contribution < -0.4 is 10.1 Å². The van der Waals surface area contributed by atoms with E-state index in [2.05, 4.69) is 12.2 Å². The van der Waals surface area contributed by atoms with Crippen molar-refractivity contribution in [2.24, 2.45) is 0 Å². The minimum absolute atomic E-state index is 0.0951. The van der Waals surface area contributed by atoms with Crippen molar-refractivity contribution in [3.8, 4) is 5.75 Å². The van der Waals surface area contributed by atoms with Crippen LogP contribution in [0.2, 0.25) is 0 Å². The highest BCUT2D eigenvalue weighted by molar-refractivity contribution is 5.88. The van der Waals surface area contributed by atoms with Crippen LogP contribution in [0.5, 0.6) is 5.75 Å². The molecule has 0 aliphatic heterocycles. The molecular formula is C31H36N2O3. The maximum Gasteiger partial charge on any atom is 0.261 e. The van der Waals surface area contributed by atoms with E-state index in [1.54, 1.807) is 4.90 Å². The molecule has 4 rings (SSSR count). The average molecular weight is 485 g/mol. The summed E-state index contributed by atoms with van der Waals surface area (Å²) in [7, 11) is 0. The van der Waals surface area contributed by atoms with Gasteiger partial charge in [0.15, 0.2) is 6.61 Å². The third kappa shape index (κ3) is 7.20. The van der Waals surface area contributed by atoms with Gasteiger partial charge in [-0.3, -0.25) is 9.59 Å². The zero-order valence-corrected chi connectivity index (χ0v) is 21.1. The molecule has 0 heterocycles. The predicted molar refractivity (Wildman–Crippen MR) is 143 cm³/mol. The summed E-state index contributed by atoms with van der Waals surface area (Å²) in [5, 5.41) is 3.23. The summed E-state index contributed by atoms with van der Waals surface area (Å²) in [6.45, 7) is 2.32. The number of hydrogen-bond acceptors (Lipinski definition) is 3. The molecule has 5 nitrogen and oxygen atoms in total. The van der Waals surface area contributed by atoms with E-state index in [0.717, 1.165) is 43.2 Å². The Bertz CT molecular complexity index is 1090. The number of hydrogen-bond donors (Lipinski definition) is 1. The zero-order valence-electron chi connectivity index (χ0n) is 21.1. The SMILES string of the molecule is CCc1ccc(OCC(=O)N(Cc2ccccc2)[C@H](Cc2ccccc2)C(=O)NC2CCCC2)cc1. The van der Waals surface area contributed by atoms with E-state index >= 15 is 0 Å². The largest absolute Gasteiger partial charge is 0.484 e. The molecule has 3 aromatic rings. The molecule has 1 aliphatic carbocycles. The fraction of sp³-hybridized carbons (Fsp3) is 0.355. The van der Waals surface area contributed by atoms with Crippen LogP contribution in [0.3, 0.4) is 0 Å². The number of nitrogens with zero attached hydrogens (tertiary/aromatic N) is 1. The Hall–Kier alpha value is -3.60. The monoisotopic (exact) mass is 484 g/mol. The van der Waals surface area contributed by atoms with Gasteiger partial charge in [-0.2, -0.15) is 0 Å². The minimum atomic E-state index is -0.633. The highest BCUT2D eigenvalue weighted by Gasteiger charge is 2.32. The molecule has 36 heavy (non-hydrogen) atoms. The summed E-state index contributed by atoms with van der Waals surface area (Å²) in [4.78, 5) is 29.0. The summed E-state index contributed by atoms with van der Waals surface area (Å²) in [5.74, 6) is 0.346. The van der Waals surface area contributed by atoms with Crippen LogP contribution in [0, 0.1) is 0 Å². The van der Waals surface area contributed by atoms with Gasteiger partial charge in [0.1, 0.15) is 11.8 Å². The van der Waals surface area contributed by atoms with Crippen LogP contribution in [0.4, 0.5) is 0 Å². The van der Waals surface area contributed by atoms with Crippen molar-refractivity contribution in [1.82, 2.24) is 10.2 Å². The number of nitrogens with one attached hydrogen (secondary N) is 1. The minimum Gasteiger partial charge on any atom is -0.484 e. The molecule has 0 saturated heterocycles. The van der Waals surface area contributed by atoms with Crippen molar-refractivity contribution >= 4 is 11.8 Å². The lowest BCUT2D eigenvalue weighted by Crippen LogP contribution is -2.53. The Morgan fingerprint density at radius 2 is 1.47 bits per heavy atom. The van der Waals surface area contributed by atoms with Crippen LogP contribution >= 0.6 is 0 Å². The van der Waals surface area contributed by atoms with E-state index in [1.807, 2.05) is 84.9 Å². The number of aryl methyl sites for hydroxylation is 1. The molecule has 1 fully saturated rings. The Labute approximate surface area is 214 Å². The van der Waals surface area contributed by atoms with Gasteiger partial charge in [0.05, 0.1) is 0 Å². The molecule has 5 heteroatoms. The van der Waals surface area contributed by atoms with Gasteiger partial charge in [0, 0.05) is 19.0 Å². The lowest BCUT2D eigenvalue weighted by molar-refractivity contribution is -0.143. The summed E-state index contributed by atoms with van der Waals surface area (Å²) in [6, 6.07) is 27.1. The Balaban J connectivity index is 1.57. The smallest absolute Gasteiger partial charge is 0.261 e. The highest BCUT2D eigenvalue weighted by atomic mass is 16.5. The molecule has 0 spiro atoms. The third-order valence-corrected chi connectivity index (χ3v) is 6.86. The van der Waals surface area contributed by atoms with E-state index in [1.165, 1.54) is 5.56 Å². The zero-order chi connectivity index (χ0) is 25.2. The summed E-state index contributed by atoms with van der Waals surface area (Å²) < 4.78 is 5.88. The molecule has 1 aliphatic rings. The maximum absolute atomic E-state index is 13.6. The lowest BCUT2D eigenvalue weighted by Gasteiger charge is -2.32. The van der Waals surface area contributed by atoms with Crippen LogP contribution in [-0.4, -0.2) is 35.4 Å². The molecule has 1 saturated carbocycles. The first kappa shape index (κ1) is 25.5. The van der Waals surface area contributed by atoms with Gasteiger partial charge >= 0.3 is 0 Å². The second-order valence-electron chi connectivity index (χ2n) is 9.49. The van der Waals surface area contributed by atoms with Crippen LogP contribution in [0.15, 0.2) is 84.9 Å². The van der Waals surface area contributed by atoms with Crippen molar-refractivity contribution in [1.29, 1.82) is 0 Å². The van der Waals surface area contributed by atoms with Gasteiger partial charge in [0.25, 0.3) is 5.91 Å². The Morgan fingerprint density at radius 1 is 0.861 bits per heavy atom. The van der Waals surface area contributed by atoms with Crippen LogP contribution in [0.25, 0.3) is 0 Å². The van der Waals surface area contributed by atoms with Crippen molar-refractivity contribution in [2.75, 3.05) is 6.61 Å². The molecular weight excluding hydrogens is 448 g/mol. The van der Waals surface area contributed by atoms with E-state index in [0.29, 0.717) is 18.7 Å². The highest BCUT2D eigenvalue weighted by Crippen LogP contribution is 2.20. The maximum atomic E-state index is 13.6. The predicted octanol–water partition coefficient (Wildman–Crippen LogP) is 5.33. The van der Waals surface area contributed by atoms with Gasteiger partial charge in [-0.25, -0.2) is 0 Å². The van der Waals surface area contributed by atoms with E-state index in [4.69, 9.17) is 4.74 Å². The molecule has 188 valence electrons. The molecule has 3 aromatic carbocycles. The third-order valence-electron chi connectivity index (χ3n) is 6.86. The molecule has 0 bridgehead atoms. The van der Waals surface area contributed by atoms with Gasteiger partial charge < -0.3 is 15.0 Å². The van der Waals surface area contributed by atoms with Crippen LogP contribution in [0.1, 0.15) is 49.3 Å². The molecule has 0 radical (unpaired) electrons. The van der Waals surface area contributed by atoms with Gasteiger partial charge in [0.2, 0.25) is 5.91 Å². The normalized spacial score (nSPS) is 14.2. The Morgan fingerprint density at radius 3 is 2.08 bits per heavy atom. The number of rotatable bonds is 11. The number of ether oxygens (including phenoxy) is 1. The van der Waals surface area contributed by atoms with Gasteiger partial charge in [-0.1, -0.05) is 92.6 Å². The summed E-state index contributed by atoms with van der Waals surface area (Å²) in [5.41, 5.74) is 3.21. The summed E-state index contributed by atoms with van der Waals surface area (Å²) >= 11 is 0. The lowest BCUT2D eigenvalue weighted by atomic mass is 10.0. The Kier molecular flexibility index (Phi) is 9.15. The van der Waals surface area contributed by atoms with Crippen molar-refractivity contribution in [3.63, 3.8) is 0 Å². The molecule has 0 unspecified atom stereocenters. The quantitative estimate of drug-likeness (QED) is 0.400. The van der Waals surface area contributed by atoms with E-state index < -0.39 is 6.04 Å². The first-order chi connectivity index (χ1) is 17.6. The van der Waals surface area contributed by atoms with Crippen LogP contribution in [-0.2, 0) is 29.0 Å². The van der Waals surface area contributed by atoms with Gasteiger partial charge in [-0.15, -0.1) is 0 Å². The molecule has 1 N–H and O–H groups in total. The number of carbonyl (C=O) groups is 2. The fourth-order valence-corrected chi connectivity index (χ4v) is 4.75. The molecule has 2 amide bonds. The second-order valence-corrected chi connectivity index (χ2v) is 9.49. The summed E-state index contributed by atoms with van der Waals surface area (Å²) in [6.07, 6.45) is 5.64. The van der Waals surface area contributed by atoms with Crippen molar-refractivity contribution < 1.29 is 14.3 Å².